The number of β-amino-alcohol motifs (C(OH)–C–C–N with tert-alkyl or cyclic N) is 1. The van der Waals surface area contributed by atoms with Gasteiger partial charge in [-0.3, -0.25) is 9.36 Å². The SMILES string of the molecule is CC(C)(NC[C@H](O)c1cc(O)cc2c1OCC(=O)N2)C12CCC(n3c(=O)[nH]c4ccccc43)(CC1)C2. The van der Waals surface area contributed by atoms with Crippen molar-refractivity contribution in [3.8, 4) is 11.5 Å². The van der Waals surface area contributed by atoms with Gasteiger partial charge in [0.15, 0.2) is 6.61 Å². The molecule has 6 rings (SSSR count). The lowest BCUT2D eigenvalue weighted by Crippen LogP contribution is -2.53. The van der Waals surface area contributed by atoms with Crippen LogP contribution in [0.25, 0.3) is 11.0 Å². The van der Waals surface area contributed by atoms with Gasteiger partial charge in [-0.1, -0.05) is 12.1 Å². The molecule has 3 aromatic rings. The highest BCUT2D eigenvalue weighted by Crippen LogP contribution is 2.64. The number of phenols is 1. The van der Waals surface area contributed by atoms with E-state index in [1.54, 1.807) is 0 Å². The fraction of sp³-hybridized carbons (Fsp3) is 0.481. The molecule has 2 fully saturated rings. The summed E-state index contributed by atoms with van der Waals surface area (Å²) < 4.78 is 7.57. The molecule has 2 aromatic carbocycles. The van der Waals surface area contributed by atoms with Gasteiger partial charge in [-0.05, 0) is 69.6 Å². The van der Waals surface area contributed by atoms with Gasteiger partial charge in [0, 0.05) is 23.7 Å². The zero-order chi connectivity index (χ0) is 25.3. The third-order valence-corrected chi connectivity index (χ3v) is 9.02. The van der Waals surface area contributed by atoms with Gasteiger partial charge in [0.2, 0.25) is 0 Å². The number of anilines is 1. The molecule has 1 atom stereocenters. The average molecular weight is 493 g/mol. The summed E-state index contributed by atoms with van der Waals surface area (Å²) in [5.41, 5.74) is 2.04. The van der Waals surface area contributed by atoms with E-state index in [4.69, 9.17) is 4.74 Å². The number of imidazole rings is 1. The summed E-state index contributed by atoms with van der Waals surface area (Å²) in [6.45, 7) is 4.47. The first kappa shape index (κ1) is 23.1. The van der Waals surface area contributed by atoms with Crippen molar-refractivity contribution in [1.82, 2.24) is 14.9 Å². The predicted molar refractivity (Wildman–Crippen MR) is 135 cm³/mol. The minimum Gasteiger partial charge on any atom is -0.508 e. The summed E-state index contributed by atoms with van der Waals surface area (Å²) >= 11 is 0. The molecule has 2 aliphatic carbocycles. The van der Waals surface area contributed by atoms with Crippen molar-refractivity contribution < 1.29 is 19.7 Å². The van der Waals surface area contributed by atoms with Crippen molar-refractivity contribution >= 4 is 22.6 Å². The minimum absolute atomic E-state index is 0.0206. The minimum atomic E-state index is -0.944. The third kappa shape index (κ3) is 3.37. The van der Waals surface area contributed by atoms with Crippen molar-refractivity contribution in [3.63, 3.8) is 0 Å². The lowest BCUT2D eigenvalue weighted by Gasteiger charge is -2.44. The number of hydrogen-bond donors (Lipinski definition) is 5. The highest BCUT2D eigenvalue weighted by Gasteiger charge is 2.61. The Morgan fingerprint density at radius 2 is 1.92 bits per heavy atom. The number of aromatic nitrogens is 2. The molecule has 2 saturated carbocycles. The summed E-state index contributed by atoms with van der Waals surface area (Å²) in [6, 6.07) is 10.8. The second kappa shape index (κ2) is 7.85. The lowest BCUT2D eigenvalue weighted by atomic mass is 9.69. The number of nitrogens with one attached hydrogen (secondary N) is 3. The van der Waals surface area contributed by atoms with Gasteiger partial charge in [-0.2, -0.15) is 0 Å². The first-order chi connectivity index (χ1) is 17.1. The topological polar surface area (TPSA) is 129 Å². The number of carbonyl (C=O) groups is 1. The van der Waals surface area contributed by atoms with E-state index in [1.165, 1.54) is 12.1 Å². The number of fused-ring (bicyclic) bond motifs is 4. The Balaban J connectivity index is 1.23. The second-order valence-electron chi connectivity index (χ2n) is 11.2. The largest absolute Gasteiger partial charge is 0.508 e. The number of aromatic hydroxyl groups is 1. The Morgan fingerprint density at radius 1 is 1.17 bits per heavy atom. The van der Waals surface area contributed by atoms with E-state index in [1.807, 2.05) is 28.8 Å². The molecule has 36 heavy (non-hydrogen) atoms. The van der Waals surface area contributed by atoms with Crippen molar-refractivity contribution in [2.24, 2.45) is 5.41 Å². The van der Waals surface area contributed by atoms with Gasteiger partial charge in [0.25, 0.3) is 5.91 Å². The Kier molecular flexibility index (Phi) is 5.04. The maximum atomic E-state index is 13.0. The molecule has 0 saturated heterocycles. The fourth-order valence-electron chi connectivity index (χ4n) is 6.96. The first-order valence-corrected chi connectivity index (χ1v) is 12.6. The number of nitrogens with zero attached hydrogens (tertiary/aromatic N) is 1. The maximum absolute atomic E-state index is 13.0. The maximum Gasteiger partial charge on any atom is 0.326 e. The summed E-state index contributed by atoms with van der Waals surface area (Å²) in [5, 5.41) is 27.5. The molecule has 5 N–H and O–H groups in total. The first-order valence-electron chi connectivity index (χ1n) is 12.6. The van der Waals surface area contributed by atoms with Crippen LogP contribution in [0.15, 0.2) is 41.2 Å². The number of H-pyrrole nitrogens is 1. The number of aromatic amines is 1. The van der Waals surface area contributed by atoms with Crippen LogP contribution < -0.4 is 21.1 Å². The van der Waals surface area contributed by atoms with Crippen LogP contribution in [0.1, 0.15) is 57.6 Å². The van der Waals surface area contributed by atoms with Gasteiger partial charge in [-0.25, -0.2) is 4.79 Å². The molecule has 0 radical (unpaired) electrons. The standard InChI is InChI=1S/C27H32N4O5/c1-25(2,28-13-21(33)17-11-16(32)12-19-23(17)36-14-22(34)29-19)26-7-9-27(15-26,10-8-26)31-20-6-4-3-5-18(20)30-24(31)35/h3-6,11-12,21,28,32-33H,7-10,13-15H2,1-2H3,(H,29,34)(H,30,35)/t21-,26?,27?/m0/s1. The molecule has 9 heteroatoms. The quantitative estimate of drug-likeness (QED) is 0.360. The molecule has 0 spiro atoms. The Morgan fingerprint density at radius 3 is 2.69 bits per heavy atom. The summed E-state index contributed by atoms with van der Waals surface area (Å²) in [6.07, 6.45) is 3.82. The van der Waals surface area contributed by atoms with Crippen LogP contribution in [0.4, 0.5) is 5.69 Å². The van der Waals surface area contributed by atoms with Crippen molar-refractivity contribution in [3.05, 3.63) is 52.4 Å². The highest BCUT2D eigenvalue weighted by molar-refractivity contribution is 5.96. The van der Waals surface area contributed by atoms with E-state index in [0.717, 1.165) is 43.1 Å². The van der Waals surface area contributed by atoms with Crippen molar-refractivity contribution in [1.29, 1.82) is 0 Å². The van der Waals surface area contributed by atoms with E-state index < -0.39 is 6.10 Å². The van der Waals surface area contributed by atoms with Crippen molar-refractivity contribution in [2.75, 3.05) is 18.5 Å². The number of amides is 1. The van der Waals surface area contributed by atoms with Gasteiger partial charge in [-0.15, -0.1) is 0 Å². The van der Waals surface area contributed by atoms with Crippen LogP contribution in [0.5, 0.6) is 11.5 Å². The smallest absolute Gasteiger partial charge is 0.326 e. The van der Waals surface area contributed by atoms with Crippen LogP contribution in [0.3, 0.4) is 0 Å². The fourth-order valence-corrected chi connectivity index (χ4v) is 6.96. The van der Waals surface area contributed by atoms with Gasteiger partial charge in [0.05, 0.1) is 28.4 Å². The van der Waals surface area contributed by atoms with Crippen LogP contribution in [0, 0.1) is 5.41 Å². The van der Waals surface area contributed by atoms with Crippen molar-refractivity contribution in [2.45, 2.75) is 63.1 Å². The van der Waals surface area contributed by atoms with E-state index in [0.29, 0.717) is 17.0 Å². The number of ether oxygens (including phenoxy) is 1. The molecular formula is C27H32N4O5. The molecule has 1 amide bonds. The van der Waals surface area contributed by atoms with E-state index in [9.17, 15) is 19.8 Å². The molecular weight excluding hydrogens is 460 g/mol. The van der Waals surface area contributed by atoms with Crippen LogP contribution in [-0.2, 0) is 10.3 Å². The number of aliphatic hydroxyl groups is 1. The molecule has 9 nitrogen and oxygen atoms in total. The van der Waals surface area contributed by atoms with E-state index in [2.05, 4.69) is 29.5 Å². The number of rotatable bonds is 6. The molecule has 2 bridgehead atoms. The number of para-hydroxylation sites is 2. The van der Waals surface area contributed by atoms with Crippen LogP contribution in [0.2, 0.25) is 0 Å². The molecule has 0 unspecified atom stereocenters. The van der Waals surface area contributed by atoms with E-state index >= 15 is 0 Å². The summed E-state index contributed by atoms with van der Waals surface area (Å²) in [4.78, 5) is 27.7. The molecule has 2 heterocycles. The zero-order valence-corrected chi connectivity index (χ0v) is 20.6. The number of hydrogen-bond acceptors (Lipinski definition) is 6. The second-order valence-corrected chi connectivity index (χ2v) is 11.2. The number of aliphatic hydroxyl groups excluding tert-OH is 1. The predicted octanol–water partition coefficient (Wildman–Crippen LogP) is 3.13. The molecule has 190 valence electrons. The Labute approximate surface area is 208 Å². The monoisotopic (exact) mass is 492 g/mol. The van der Waals surface area contributed by atoms with Gasteiger partial charge < -0.3 is 30.6 Å². The summed E-state index contributed by atoms with van der Waals surface area (Å²) in [7, 11) is 0. The zero-order valence-electron chi connectivity index (χ0n) is 20.6. The third-order valence-electron chi connectivity index (χ3n) is 9.02. The normalized spacial score (nSPS) is 26.0. The number of carbonyl (C=O) groups excluding carboxylic acids is 1. The number of phenolic OH excluding ortho intramolecular Hbond substituents is 1. The van der Waals surface area contributed by atoms with Crippen LogP contribution >= 0.6 is 0 Å². The van der Waals surface area contributed by atoms with Crippen LogP contribution in [-0.4, -0.2) is 44.4 Å². The lowest BCUT2D eigenvalue weighted by molar-refractivity contribution is -0.118. The van der Waals surface area contributed by atoms with Gasteiger partial charge >= 0.3 is 5.69 Å². The Bertz CT molecular complexity index is 1410. The molecule has 1 aromatic heterocycles. The highest BCUT2D eigenvalue weighted by atomic mass is 16.5. The number of benzene rings is 2. The molecule has 1 aliphatic heterocycles. The molecule has 3 aliphatic rings. The Hall–Kier alpha value is -3.30. The van der Waals surface area contributed by atoms with Gasteiger partial charge in [0.1, 0.15) is 11.5 Å². The summed E-state index contributed by atoms with van der Waals surface area (Å²) in [5.74, 6) is 0.0382. The average Bonchev–Trinajstić information content (AvgIpc) is 3.52. The van der Waals surface area contributed by atoms with E-state index in [-0.39, 0.29) is 47.0 Å².